The molecule has 7 heteroatoms. The maximum atomic E-state index is 11.7. The lowest BCUT2D eigenvalue weighted by atomic mass is 10.2. The summed E-state index contributed by atoms with van der Waals surface area (Å²) >= 11 is 0. The Morgan fingerprint density at radius 1 is 1.32 bits per heavy atom. The molecule has 0 fully saturated rings. The minimum Gasteiger partial charge on any atom is -0.493 e. The van der Waals surface area contributed by atoms with Gasteiger partial charge in [0.1, 0.15) is 5.75 Å². The third kappa shape index (κ3) is 4.54. The number of para-hydroxylation sites is 1. The van der Waals surface area contributed by atoms with Gasteiger partial charge in [0.25, 0.3) is 0 Å². The third-order valence-electron chi connectivity index (χ3n) is 3.06. The molecule has 0 spiro atoms. The van der Waals surface area contributed by atoms with Crippen LogP contribution in [0.4, 0.5) is 0 Å². The van der Waals surface area contributed by atoms with Crippen LogP contribution < -0.4 is 4.74 Å². The number of aryl methyl sites for hydroxylation is 2. The molecule has 7 nitrogen and oxygen atoms in total. The van der Waals surface area contributed by atoms with Crippen LogP contribution in [0.25, 0.3) is 0 Å². The second-order valence-corrected chi connectivity index (χ2v) is 4.84. The molecule has 0 amide bonds. The van der Waals surface area contributed by atoms with Crippen LogP contribution in [0.15, 0.2) is 24.3 Å². The van der Waals surface area contributed by atoms with E-state index in [1.807, 2.05) is 38.1 Å². The number of benzene rings is 1. The number of rotatable bonds is 8. The lowest BCUT2D eigenvalue weighted by molar-refractivity contribution is -0.145. The molecule has 1 heterocycles. The number of carbonyl (C=O) groups is 1. The van der Waals surface area contributed by atoms with Crippen LogP contribution in [0, 0.1) is 6.92 Å². The van der Waals surface area contributed by atoms with E-state index in [4.69, 9.17) is 9.47 Å². The monoisotopic (exact) mass is 304 g/mol. The molecule has 2 rings (SSSR count). The van der Waals surface area contributed by atoms with Gasteiger partial charge in [-0.25, -0.2) is 4.68 Å². The molecule has 0 aliphatic rings. The Balaban J connectivity index is 1.72. The van der Waals surface area contributed by atoms with Crippen LogP contribution in [0.3, 0.4) is 0 Å². The lowest BCUT2D eigenvalue weighted by Crippen LogP contribution is -2.13. The van der Waals surface area contributed by atoms with E-state index in [-0.39, 0.29) is 25.6 Å². The summed E-state index contributed by atoms with van der Waals surface area (Å²) in [5.74, 6) is 0.997. The molecule has 1 aromatic carbocycles. The van der Waals surface area contributed by atoms with Gasteiger partial charge in [-0.15, -0.1) is 5.10 Å². The molecule has 0 atom stereocenters. The highest BCUT2D eigenvalue weighted by atomic mass is 16.5. The van der Waals surface area contributed by atoms with Crippen LogP contribution >= 0.6 is 0 Å². The van der Waals surface area contributed by atoms with E-state index in [1.54, 1.807) is 4.68 Å². The summed E-state index contributed by atoms with van der Waals surface area (Å²) in [5, 5.41) is 11.3. The van der Waals surface area contributed by atoms with Crippen molar-refractivity contribution in [2.45, 2.75) is 39.8 Å². The van der Waals surface area contributed by atoms with Crippen molar-refractivity contribution >= 4 is 5.97 Å². The van der Waals surface area contributed by atoms with E-state index in [0.29, 0.717) is 12.4 Å². The average Bonchev–Trinajstić information content (AvgIpc) is 2.95. The summed E-state index contributed by atoms with van der Waals surface area (Å²) in [6.07, 6.45) is 1.10. The van der Waals surface area contributed by atoms with E-state index in [9.17, 15) is 4.79 Å². The standard InChI is InChI=1S/C15H20N4O3/c1-3-9-19-14(16-17-18-19)11-22-15(20)8-10-21-13-7-5-4-6-12(13)2/h4-7H,3,8-11H2,1-2H3. The predicted molar refractivity (Wildman–Crippen MR) is 79.2 cm³/mol. The Bertz CT molecular complexity index is 612. The van der Waals surface area contributed by atoms with E-state index < -0.39 is 0 Å². The first-order valence-electron chi connectivity index (χ1n) is 7.29. The summed E-state index contributed by atoms with van der Waals surface area (Å²) in [6, 6.07) is 7.67. The number of carbonyl (C=O) groups excluding carboxylic acids is 1. The van der Waals surface area contributed by atoms with Crippen LogP contribution in [0.5, 0.6) is 5.75 Å². The Kier molecular flexibility index (Phi) is 5.88. The second kappa shape index (κ2) is 8.11. The van der Waals surface area contributed by atoms with Gasteiger partial charge >= 0.3 is 5.97 Å². The number of ether oxygens (including phenoxy) is 2. The molecule has 0 unspecified atom stereocenters. The van der Waals surface area contributed by atoms with Gasteiger partial charge in [-0.05, 0) is 35.4 Å². The normalized spacial score (nSPS) is 10.5. The molecule has 0 aliphatic carbocycles. The van der Waals surface area contributed by atoms with E-state index in [1.165, 1.54) is 0 Å². The minimum absolute atomic E-state index is 0.0796. The number of nitrogens with zero attached hydrogens (tertiary/aromatic N) is 4. The molecule has 0 saturated heterocycles. The van der Waals surface area contributed by atoms with Gasteiger partial charge in [-0.1, -0.05) is 25.1 Å². The fourth-order valence-electron chi connectivity index (χ4n) is 1.89. The summed E-state index contributed by atoms with van der Waals surface area (Å²) in [4.78, 5) is 11.7. The van der Waals surface area contributed by atoms with Gasteiger partial charge in [0.05, 0.1) is 13.0 Å². The van der Waals surface area contributed by atoms with E-state index >= 15 is 0 Å². The van der Waals surface area contributed by atoms with Crippen molar-refractivity contribution in [1.82, 2.24) is 20.2 Å². The summed E-state index contributed by atoms with van der Waals surface area (Å²) in [7, 11) is 0. The molecule has 0 bridgehead atoms. The fraction of sp³-hybridized carbons (Fsp3) is 0.467. The van der Waals surface area contributed by atoms with Gasteiger partial charge in [0, 0.05) is 6.54 Å². The summed E-state index contributed by atoms with van der Waals surface area (Å²) in [6.45, 7) is 5.05. The zero-order valence-electron chi connectivity index (χ0n) is 12.9. The Morgan fingerprint density at radius 2 is 2.14 bits per heavy atom. The third-order valence-corrected chi connectivity index (χ3v) is 3.06. The quantitative estimate of drug-likeness (QED) is 0.693. The van der Waals surface area contributed by atoms with Crippen molar-refractivity contribution in [3.8, 4) is 5.75 Å². The summed E-state index contributed by atoms with van der Waals surface area (Å²) in [5.41, 5.74) is 1.04. The second-order valence-electron chi connectivity index (χ2n) is 4.84. The van der Waals surface area contributed by atoms with Gasteiger partial charge in [0.2, 0.25) is 0 Å². The van der Waals surface area contributed by atoms with Crippen LogP contribution in [-0.4, -0.2) is 32.8 Å². The fourth-order valence-corrected chi connectivity index (χ4v) is 1.89. The number of aromatic nitrogens is 4. The lowest BCUT2D eigenvalue weighted by Gasteiger charge is -2.08. The molecular weight excluding hydrogens is 284 g/mol. The Labute approximate surface area is 129 Å². The highest BCUT2D eigenvalue weighted by Gasteiger charge is 2.09. The molecule has 1 aromatic heterocycles. The largest absolute Gasteiger partial charge is 0.493 e. The van der Waals surface area contributed by atoms with Crippen LogP contribution in [-0.2, 0) is 22.7 Å². The van der Waals surface area contributed by atoms with Crippen molar-refractivity contribution in [2.75, 3.05) is 6.61 Å². The van der Waals surface area contributed by atoms with Crippen LogP contribution in [0.1, 0.15) is 31.2 Å². The van der Waals surface area contributed by atoms with Crippen molar-refractivity contribution < 1.29 is 14.3 Å². The van der Waals surface area contributed by atoms with Crippen molar-refractivity contribution in [2.24, 2.45) is 0 Å². The first-order valence-corrected chi connectivity index (χ1v) is 7.29. The maximum Gasteiger partial charge on any atom is 0.309 e. The Hall–Kier alpha value is -2.44. The first kappa shape index (κ1) is 15.9. The highest BCUT2D eigenvalue weighted by molar-refractivity contribution is 5.69. The predicted octanol–water partition coefficient (Wildman–Crippen LogP) is 1.90. The molecule has 118 valence electrons. The zero-order valence-corrected chi connectivity index (χ0v) is 12.9. The van der Waals surface area contributed by atoms with Gasteiger partial charge in [-0.2, -0.15) is 0 Å². The number of tetrazole rings is 1. The average molecular weight is 304 g/mol. The topological polar surface area (TPSA) is 79.1 Å². The number of hydrogen-bond donors (Lipinski definition) is 0. The smallest absolute Gasteiger partial charge is 0.309 e. The molecule has 0 aliphatic heterocycles. The molecule has 0 saturated carbocycles. The Morgan fingerprint density at radius 3 is 2.91 bits per heavy atom. The molecule has 22 heavy (non-hydrogen) atoms. The molecule has 0 radical (unpaired) electrons. The zero-order chi connectivity index (χ0) is 15.8. The maximum absolute atomic E-state index is 11.7. The van der Waals surface area contributed by atoms with Crippen molar-refractivity contribution in [3.05, 3.63) is 35.7 Å². The van der Waals surface area contributed by atoms with Gasteiger partial charge in [0.15, 0.2) is 12.4 Å². The number of esters is 1. The molecule has 0 N–H and O–H groups in total. The SMILES string of the molecule is CCCn1nnnc1COC(=O)CCOc1ccccc1C. The van der Waals surface area contributed by atoms with Gasteiger partial charge in [-0.3, -0.25) is 4.79 Å². The highest BCUT2D eigenvalue weighted by Crippen LogP contribution is 2.16. The van der Waals surface area contributed by atoms with E-state index in [0.717, 1.165) is 17.7 Å². The van der Waals surface area contributed by atoms with Crippen molar-refractivity contribution in [3.63, 3.8) is 0 Å². The van der Waals surface area contributed by atoms with Crippen molar-refractivity contribution in [1.29, 1.82) is 0 Å². The molecule has 2 aromatic rings. The number of hydrogen-bond acceptors (Lipinski definition) is 6. The molecular formula is C15H20N4O3. The first-order chi connectivity index (χ1) is 10.7. The minimum atomic E-state index is -0.334. The van der Waals surface area contributed by atoms with Crippen LogP contribution in [0.2, 0.25) is 0 Å². The summed E-state index contributed by atoms with van der Waals surface area (Å²) < 4.78 is 12.4. The van der Waals surface area contributed by atoms with Gasteiger partial charge < -0.3 is 9.47 Å². The van der Waals surface area contributed by atoms with E-state index in [2.05, 4.69) is 15.5 Å².